The molecule has 2 rings (SSSR count). The number of hydrogen-bond acceptors (Lipinski definition) is 3. The van der Waals surface area contributed by atoms with E-state index in [4.69, 9.17) is 5.10 Å². The Morgan fingerprint density at radius 1 is 1.15 bits per heavy atom. The minimum Gasteiger partial charge on any atom is -0.351 e. The summed E-state index contributed by atoms with van der Waals surface area (Å²) in [6.45, 7) is 7.81. The van der Waals surface area contributed by atoms with Crippen LogP contribution in [-0.4, -0.2) is 47.8 Å². The number of carbonyl (C=O) groups excluding carboxylic acids is 1. The third kappa shape index (κ3) is 4.73. The van der Waals surface area contributed by atoms with E-state index >= 15 is 0 Å². The molecule has 0 saturated heterocycles. The monoisotopic (exact) mass is 356 g/mol. The van der Waals surface area contributed by atoms with Crippen molar-refractivity contribution in [1.82, 2.24) is 20.0 Å². The van der Waals surface area contributed by atoms with Crippen molar-refractivity contribution in [3.05, 3.63) is 46.8 Å². The van der Waals surface area contributed by atoms with E-state index in [1.54, 1.807) is 0 Å². The van der Waals surface area contributed by atoms with E-state index in [1.165, 1.54) is 0 Å². The number of aryl methyl sites for hydroxylation is 2. The summed E-state index contributed by atoms with van der Waals surface area (Å²) in [5, 5.41) is 7.93. The van der Waals surface area contributed by atoms with Gasteiger partial charge in [0.25, 0.3) is 5.91 Å². The van der Waals surface area contributed by atoms with Gasteiger partial charge in [0.1, 0.15) is 0 Å². The van der Waals surface area contributed by atoms with Crippen LogP contribution in [0.2, 0.25) is 0 Å². The SMILES string of the molecule is CCCc1nn(-c2ccccc2C)c(CCC)c1C(=O)NCCN(C)C. The Morgan fingerprint density at radius 3 is 2.46 bits per heavy atom. The zero-order valence-corrected chi connectivity index (χ0v) is 16.8. The molecule has 2 aromatic rings. The number of likely N-dealkylation sites (N-methyl/N-ethyl adjacent to an activating group) is 1. The van der Waals surface area contributed by atoms with E-state index in [-0.39, 0.29) is 5.91 Å². The first-order valence-electron chi connectivity index (χ1n) is 9.59. The Bertz CT molecular complexity index is 734. The maximum absolute atomic E-state index is 13.0. The molecule has 142 valence electrons. The predicted octanol–water partition coefficient (Wildman–Crippen LogP) is 3.38. The number of para-hydroxylation sites is 1. The average molecular weight is 357 g/mol. The van der Waals surface area contributed by atoms with E-state index in [9.17, 15) is 4.79 Å². The number of carbonyl (C=O) groups is 1. The van der Waals surface area contributed by atoms with Crippen molar-refractivity contribution in [3.8, 4) is 5.69 Å². The molecule has 1 heterocycles. The van der Waals surface area contributed by atoms with E-state index in [1.807, 2.05) is 30.9 Å². The maximum atomic E-state index is 13.0. The fourth-order valence-corrected chi connectivity index (χ4v) is 3.13. The molecular weight excluding hydrogens is 324 g/mol. The van der Waals surface area contributed by atoms with Gasteiger partial charge in [-0.2, -0.15) is 5.10 Å². The van der Waals surface area contributed by atoms with Crippen LogP contribution in [-0.2, 0) is 12.8 Å². The van der Waals surface area contributed by atoms with Crippen molar-refractivity contribution in [2.24, 2.45) is 0 Å². The quantitative estimate of drug-likeness (QED) is 0.749. The zero-order valence-electron chi connectivity index (χ0n) is 16.8. The lowest BCUT2D eigenvalue weighted by molar-refractivity contribution is 0.0949. The van der Waals surface area contributed by atoms with Crippen LogP contribution in [0.1, 0.15) is 54.0 Å². The summed E-state index contributed by atoms with van der Waals surface area (Å²) < 4.78 is 1.99. The molecule has 26 heavy (non-hydrogen) atoms. The highest BCUT2D eigenvalue weighted by Gasteiger charge is 2.23. The van der Waals surface area contributed by atoms with Gasteiger partial charge in [0.15, 0.2) is 0 Å². The van der Waals surface area contributed by atoms with Gasteiger partial charge in [-0.3, -0.25) is 4.79 Å². The molecule has 0 spiro atoms. The highest BCUT2D eigenvalue weighted by molar-refractivity contribution is 5.96. The Hall–Kier alpha value is -2.14. The van der Waals surface area contributed by atoms with E-state index in [0.717, 1.165) is 60.4 Å². The second-order valence-corrected chi connectivity index (χ2v) is 7.03. The molecule has 0 fully saturated rings. The molecule has 0 unspecified atom stereocenters. The third-order valence-electron chi connectivity index (χ3n) is 4.44. The molecule has 0 bridgehead atoms. The molecule has 0 radical (unpaired) electrons. The smallest absolute Gasteiger partial charge is 0.255 e. The summed E-state index contributed by atoms with van der Waals surface area (Å²) in [5.41, 5.74) is 4.92. The fourth-order valence-electron chi connectivity index (χ4n) is 3.13. The molecule has 0 saturated carbocycles. The Balaban J connectivity index is 2.47. The number of amides is 1. The summed E-state index contributed by atoms with van der Waals surface area (Å²) in [4.78, 5) is 15.0. The number of rotatable bonds is 9. The molecule has 1 N–H and O–H groups in total. The lowest BCUT2D eigenvalue weighted by Gasteiger charge is -2.13. The van der Waals surface area contributed by atoms with Gasteiger partial charge < -0.3 is 10.2 Å². The second kappa shape index (κ2) is 9.53. The molecule has 0 aliphatic rings. The van der Waals surface area contributed by atoms with Crippen LogP contribution >= 0.6 is 0 Å². The molecule has 0 aliphatic carbocycles. The molecule has 5 heteroatoms. The van der Waals surface area contributed by atoms with Gasteiger partial charge in [0, 0.05) is 13.1 Å². The fraction of sp³-hybridized carbons (Fsp3) is 0.524. The third-order valence-corrected chi connectivity index (χ3v) is 4.44. The molecule has 0 atom stereocenters. The summed E-state index contributed by atoms with van der Waals surface area (Å²) >= 11 is 0. The number of aromatic nitrogens is 2. The molecule has 5 nitrogen and oxygen atoms in total. The Kier molecular flexibility index (Phi) is 7.39. The van der Waals surface area contributed by atoms with Gasteiger partial charge in [0.2, 0.25) is 0 Å². The first-order valence-corrected chi connectivity index (χ1v) is 9.59. The summed E-state index contributed by atoms with van der Waals surface area (Å²) in [7, 11) is 4.01. The molecule has 1 aromatic heterocycles. The molecule has 1 aromatic carbocycles. The van der Waals surface area contributed by atoms with Crippen LogP contribution in [0, 0.1) is 6.92 Å². The van der Waals surface area contributed by atoms with Crippen LogP contribution in [0.15, 0.2) is 24.3 Å². The van der Waals surface area contributed by atoms with Crippen LogP contribution in [0.25, 0.3) is 5.69 Å². The first kappa shape index (κ1) is 20.2. The zero-order chi connectivity index (χ0) is 19.1. The molecule has 0 aliphatic heterocycles. The maximum Gasteiger partial charge on any atom is 0.255 e. The Labute approximate surface area is 157 Å². The number of nitrogens with zero attached hydrogens (tertiary/aromatic N) is 3. The van der Waals surface area contributed by atoms with E-state index < -0.39 is 0 Å². The average Bonchev–Trinajstić information content (AvgIpc) is 2.93. The number of hydrogen-bond donors (Lipinski definition) is 1. The van der Waals surface area contributed by atoms with Crippen molar-refractivity contribution < 1.29 is 4.79 Å². The van der Waals surface area contributed by atoms with Gasteiger partial charge >= 0.3 is 0 Å². The van der Waals surface area contributed by atoms with Crippen molar-refractivity contribution in [3.63, 3.8) is 0 Å². The molecule has 1 amide bonds. The highest BCUT2D eigenvalue weighted by atomic mass is 16.1. The van der Waals surface area contributed by atoms with Crippen molar-refractivity contribution in [2.45, 2.75) is 46.5 Å². The standard InChI is InChI=1S/C21H32N4O/c1-6-10-17-20(21(26)22-14-15-24(4)5)19(11-7-2)25(23-17)18-13-9-8-12-16(18)3/h8-9,12-13H,6-7,10-11,14-15H2,1-5H3,(H,22,26). The second-order valence-electron chi connectivity index (χ2n) is 7.03. The molecular formula is C21H32N4O. The Morgan fingerprint density at radius 2 is 1.85 bits per heavy atom. The normalized spacial score (nSPS) is 11.2. The topological polar surface area (TPSA) is 50.2 Å². The number of benzene rings is 1. The van der Waals surface area contributed by atoms with Crippen LogP contribution < -0.4 is 5.32 Å². The van der Waals surface area contributed by atoms with Crippen LogP contribution in [0.5, 0.6) is 0 Å². The summed E-state index contributed by atoms with van der Waals surface area (Å²) in [6, 6.07) is 8.22. The van der Waals surface area contributed by atoms with Gasteiger partial charge in [-0.1, -0.05) is 44.9 Å². The van der Waals surface area contributed by atoms with Gasteiger partial charge in [-0.25, -0.2) is 4.68 Å². The van der Waals surface area contributed by atoms with Crippen LogP contribution in [0.3, 0.4) is 0 Å². The van der Waals surface area contributed by atoms with Crippen LogP contribution in [0.4, 0.5) is 0 Å². The summed E-state index contributed by atoms with van der Waals surface area (Å²) in [5.74, 6) is -0.00131. The van der Waals surface area contributed by atoms with Crippen molar-refractivity contribution >= 4 is 5.91 Å². The minimum atomic E-state index is -0.00131. The minimum absolute atomic E-state index is 0.00131. The van der Waals surface area contributed by atoms with E-state index in [0.29, 0.717) is 6.54 Å². The predicted molar refractivity (Wildman–Crippen MR) is 107 cm³/mol. The van der Waals surface area contributed by atoms with Gasteiger partial charge in [-0.15, -0.1) is 0 Å². The van der Waals surface area contributed by atoms with E-state index in [2.05, 4.69) is 43.1 Å². The largest absolute Gasteiger partial charge is 0.351 e. The van der Waals surface area contributed by atoms with Gasteiger partial charge in [0.05, 0.1) is 22.6 Å². The van der Waals surface area contributed by atoms with Crippen molar-refractivity contribution in [1.29, 1.82) is 0 Å². The highest BCUT2D eigenvalue weighted by Crippen LogP contribution is 2.23. The van der Waals surface area contributed by atoms with Crippen molar-refractivity contribution in [2.75, 3.05) is 27.2 Å². The first-order chi connectivity index (χ1) is 12.5. The number of nitrogens with one attached hydrogen (secondary N) is 1. The van der Waals surface area contributed by atoms with Gasteiger partial charge in [-0.05, 0) is 45.5 Å². The lowest BCUT2D eigenvalue weighted by atomic mass is 10.1. The lowest BCUT2D eigenvalue weighted by Crippen LogP contribution is -2.32. The summed E-state index contributed by atoms with van der Waals surface area (Å²) in [6.07, 6.45) is 3.59.